The zero-order chi connectivity index (χ0) is 22.0. The van der Waals surface area contributed by atoms with Gasteiger partial charge in [-0.15, -0.1) is 0 Å². The van der Waals surface area contributed by atoms with Crippen molar-refractivity contribution in [3.8, 4) is 16.9 Å². The summed E-state index contributed by atoms with van der Waals surface area (Å²) in [5.74, 6) is 0.150. The van der Waals surface area contributed by atoms with Crippen LogP contribution in [-0.2, 0) is 0 Å². The van der Waals surface area contributed by atoms with E-state index >= 15 is 0 Å². The highest BCUT2D eigenvalue weighted by Crippen LogP contribution is 2.33. The first-order chi connectivity index (χ1) is 14.9. The number of benzene rings is 2. The van der Waals surface area contributed by atoms with Crippen molar-refractivity contribution in [2.45, 2.75) is 25.5 Å². The van der Waals surface area contributed by atoms with Gasteiger partial charge in [-0.3, -0.25) is 4.79 Å². The number of carbonyl (C=O) groups is 2. The van der Waals surface area contributed by atoms with E-state index in [1.807, 2.05) is 11.8 Å². The van der Waals surface area contributed by atoms with Crippen molar-refractivity contribution in [1.82, 2.24) is 15.1 Å². The molecular formula is C23H26FN3O4. The Hall–Kier alpha value is -3.13. The highest BCUT2D eigenvalue weighted by molar-refractivity contribution is 5.96. The average molecular weight is 427 g/mol. The van der Waals surface area contributed by atoms with Crippen LogP contribution >= 0.6 is 0 Å². The molecule has 2 atom stereocenters. The number of amides is 2. The van der Waals surface area contributed by atoms with Crippen LogP contribution < -0.4 is 10.1 Å². The predicted octanol–water partition coefficient (Wildman–Crippen LogP) is 3.06. The van der Waals surface area contributed by atoms with E-state index in [4.69, 9.17) is 4.74 Å². The van der Waals surface area contributed by atoms with Gasteiger partial charge in [0.2, 0.25) is 0 Å². The normalized spacial score (nSPS) is 21.2. The third-order valence-electron chi connectivity index (χ3n) is 5.85. The second-order valence-electron chi connectivity index (χ2n) is 8.03. The third-order valence-corrected chi connectivity index (χ3v) is 5.85. The van der Waals surface area contributed by atoms with Crippen LogP contribution in [0.4, 0.5) is 9.18 Å². The second-order valence-corrected chi connectivity index (χ2v) is 8.03. The number of hydrogen-bond donors (Lipinski definition) is 2. The summed E-state index contributed by atoms with van der Waals surface area (Å²) < 4.78 is 19.6. The summed E-state index contributed by atoms with van der Waals surface area (Å²) in [5, 5.41) is 12.5. The zero-order valence-electron chi connectivity index (χ0n) is 17.4. The fourth-order valence-electron chi connectivity index (χ4n) is 4.11. The smallest absolute Gasteiger partial charge is 0.407 e. The Morgan fingerprint density at radius 3 is 2.61 bits per heavy atom. The highest BCUT2D eigenvalue weighted by atomic mass is 19.1. The molecule has 2 aromatic carbocycles. The topological polar surface area (TPSA) is 82.1 Å². The first-order valence-corrected chi connectivity index (χ1v) is 10.5. The quantitative estimate of drug-likeness (QED) is 0.784. The molecule has 0 spiro atoms. The molecule has 0 aliphatic carbocycles. The largest absolute Gasteiger partial charge is 0.488 e. The molecule has 2 unspecified atom stereocenters. The van der Waals surface area contributed by atoms with Gasteiger partial charge in [0, 0.05) is 49.8 Å². The number of rotatable bonds is 4. The van der Waals surface area contributed by atoms with Crippen LogP contribution in [-0.4, -0.2) is 71.8 Å². The van der Waals surface area contributed by atoms with Gasteiger partial charge in [0.25, 0.3) is 5.91 Å². The number of hydrogen-bond acceptors (Lipinski definition) is 4. The standard InChI is InChI=1S/C23H26FN3O4/c1-15-13-25-9-11-27(15)22(28)17-4-7-21(31-19-8-10-26(14-19)23(29)30)20(12-17)16-2-5-18(24)6-3-16/h2-7,12,15,19,25H,8-11,13-14H2,1H3,(H,29,30). The maximum Gasteiger partial charge on any atom is 0.407 e. The molecule has 2 aliphatic rings. The molecule has 164 valence electrons. The Bertz CT molecular complexity index is 966. The van der Waals surface area contributed by atoms with Crippen LogP contribution in [0, 0.1) is 5.82 Å². The van der Waals surface area contributed by atoms with E-state index in [0.29, 0.717) is 36.4 Å². The van der Waals surface area contributed by atoms with Crippen LogP contribution in [0.25, 0.3) is 11.1 Å². The van der Waals surface area contributed by atoms with Gasteiger partial charge in [-0.1, -0.05) is 12.1 Å². The Morgan fingerprint density at radius 2 is 1.94 bits per heavy atom. The molecule has 8 heteroatoms. The van der Waals surface area contributed by atoms with Gasteiger partial charge < -0.3 is 25.0 Å². The molecule has 2 aromatic rings. The van der Waals surface area contributed by atoms with E-state index in [9.17, 15) is 19.1 Å². The van der Waals surface area contributed by atoms with Crippen LogP contribution in [0.5, 0.6) is 5.75 Å². The lowest BCUT2D eigenvalue weighted by molar-refractivity contribution is 0.0655. The number of halogens is 1. The summed E-state index contributed by atoms with van der Waals surface area (Å²) in [6.07, 6.45) is -0.644. The minimum Gasteiger partial charge on any atom is -0.488 e. The van der Waals surface area contributed by atoms with Gasteiger partial charge in [0.05, 0.1) is 6.54 Å². The van der Waals surface area contributed by atoms with Crippen molar-refractivity contribution >= 4 is 12.0 Å². The van der Waals surface area contributed by atoms with E-state index in [-0.39, 0.29) is 30.4 Å². The number of nitrogens with zero attached hydrogens (tertiary/aromatic N) is 2. The summed E-state index contributed by atoms with van der Waals surface area (Å²) in [6.45, 7) is 4.86. The van der Waals surface area contributed by atoms with Crippen molar-refractivity contribution in [2.75, 3.05) is 32.7 Å². The fraction of sp³-hybridized carbons (Fsp3) is 0.391. The monoisotopic (exact) mass is 427 g/mol. The summed E-state index contributed by atoms with van der Waals surface area (Å²) in [6, 6.07) is 11.4. The molecule has 2 amide bonds. The van der Waals surface area contributed by atoms with Gasteiger partial charge in [-0.05, 0) is 42.8 Å². The molecule has 2 fully saturated rings. The number of ether oxygens (including phenoxy) is 1. The number of carbonyl (C=O) groups excluding carboxylic acids is 1. The number of likely N-dealkylation sites (tertiary alicyclic amines) is 1. The van der Waals surface area contributed by atoms with E-state index in [2.05, 4.69) is 5.32 Å². The lowest BCUT2D eigenvalue weighted by Gasteiger charge is -2.34. The lowest BCUT2D eigenvalue weighted by Crippen LogP contribution is -2.52. The molecule has 2 heterocycles. The average Bonchev–Trinajstić information content (AvgIpc) is 3.23. The number of piperazine rings is 1. The van der Waals surface area contributed by atoms with Gasteiger partial charge in [-0.25, -0.2) is 9.18 Å². The molecule has 2 aliphatic heterocycles. The van der Waals surface area contributed by atoms with Crippen molar-refractivity contribution in [2.24, 2.45) is 0 Å². The molecule has 2 N–H and O–H groups in total. The molecular weight excluding hydrogens is 401 g/mol. The van der Waals surface area contributed by atoms with Crippen LogP contribution in [0.2, 0.25) is 0 Å². The molecule has 0 bridgehead atoms. The molecule has 0 aromatic heterocycles. The highest BCUT2D eigenvalue weighted by Gasteiger charge is 2.29. The minimum absolute atomic E-state index is 0.0539. The zero-order valence-corrected chi connectivity index (χ0v) is 17.4. The number of carboxylic acid groups (broad SMARTS) is 1. The van der Waals surface area contributed by atoms with E-state index in [1.54, 1.807) is 30.3 Å². The van der Waals surface area contributed by atoms with Crippen molar-refractivity contribution in [1.29, 1.82) is 0 Å². The van der Waals surface area contributed by atoms with Gasteiger partial charge in [-0.2, -0.15) is 0 Å². The van der Waals surface area contributed by atoms with E-state index in [1.165, 1.54) is 17.0 Å². The molecule has 31 heavy (non-hydrogen) atoms. The Labute approximate surface area is 180 Å². The SMILES string of the molecule is CC1CNCCN1C(=O)c1ccc(OC2CCN(C(=O)O)C2)c(-c2ccc(F)cc2)c1. The van der Waals surface area contributed by atoms with Crippen LogP contribution in [0.15, 0.2) is 42.5 Å². The third kappa shape index (κ3) is 4.64. The first-order valence-electron chi connectivity index (χ1n) is 10.5. The maximum absolute atomic E-state index is 13.5. The Morgan fingerprint density at radius 1 is 1.16 bits per heavy atom. The van der Waals surface area contributed by atoms with Crippen LogP contribution in [0.1, 0.15) is 23.7 Å². The lowest BCUT2D eigenvalue weighted by atomic mass is 10.0. The summed E-state index contributed by atoms with van der Waals surface area (Å²) in [5.41, 5.74) is 1.95. The van der Waals surface area contributed by atoms with Crippen molar-refractivity contribution in [3.05, 3.63) is 53.8 Å². The molecule has 4 rings (SSSR count). The first kappa shape index (κ1) is 21.1. The number of nitrogens with one attached hydrogen (secondary N) is 1. The molecule has 0 radical (unpaired) electrons. The summed E-state index contributed by atoms with van der Waals surface area (Å²) >= 11 is 0. The Kier molecular flexibility index (Phi) is 6.08. The van der Waals surface area contributed by atoms with Gasteiger partial charge in [0.1, 0.15) is 17.7 Å². The molecule has 2 saturated heterocycles. The van der Waals surface area contributed by atoms with Crippen molar-refractivity contribution < 1.29 is 23.8 Å². The predicted molar refractivity (Wildman–Crippen MR) is 114 cm³/mol. The van der Waals surface area contributed by atoms with Gasteiger partial charge >= 0.3 is 6.09 Å². The molecule has 0 saturated carbocycles. The fourth-order valence-corrected chi connectivity index (χ4v) is 4.11. The van der Waals surface area contributed by atoms with E-state index in [0.717, 1.165) is 18.7 Å². The maximum atomic E-state index is 13.5. The van der Waals surface area contributed by atoms with Gasteiger partial charge in [0.15, 0.2) is 0 Å². The minimum atomic E-state index is -0.962. The molecule has 7 nitrogen and oxygen atoms in total. The van der Waals surface area contributed by atoms with Crippen LogP contribution in [0.3, 0.4) is 0 Å². The van der Waals surface area contributed by atoms with Crippen molar-refractivity contribution in [3.63, 3.8) is 0 Å². The summed E-state index contributed by atoms with van der Waals surface area (Å²) in [7, 11) is 0. The Balaban J connectivity index is 1.64. The summed E-state index contributed by atoms with van der Waals surface area (Å²) in [4.78, 5) is 27.5. The second kappa shape index (κ2) is 8.93. The van der Waals surface area contributed by atoms with E-state index < -0.39 is 6.09 Å².